The van der Waals surface area contributed by atoms with Crippen LogP contribution >= 0.6 is 7.82 Å². The fraction of sp³-hybridized carbons (Fsp3) is 0.833. The second-order valence-electron chi connectivity index (χ2n) is 12.2. The van der Waals surface area contributed by atoms with Gasteiger partial charge >= 0.3 is 13.8 Å². The molecule has 1 amide bonds. The molecule has 0 fully saturated rings. The Morgan fingerprint density at radius 1 is 0.674 bits per heavy atom. The number of esters is 1. The predicted molar refractivity (Wildman–Crippen MR) is 188 cm³/mol. The van der Waals surface area contributed by atoms with Gasteiger partial charge in [-0.3, -0.25) is 18.6 Å². The number of hydrogen-bond acceptors (Lipinski definition) is 7. The minimum absolute atomic E-state index is 0.0824. The number of amides is 1. The fourth-order valence-electron chi connectivity index (χ4n) is 4.82. The van der Waals surface area contributed by atoms with Crippen molar-refractivity contribution in [3.05, 3.63) is 24.3 Å². The molecule has 0 saturated heterocycles. The molecule has 0 bridgehead atoms. The van der Waals surface area contributed by atoms with Crippen LogP contribution in [0.25, 0.3) is 0 Å². The minimum atomic E-state index is -4.40. The smallest absolute Gasteiger partial charge is 0.463 e. The Morgan fingerprint density at radius 2 is 1.17 bits per heavy atom. The van der Waals surface area contributed by atoms with Gasteiger partial charge < -0.3 is 20.1 Å². The third-order valence-electron chi connectivity index (χ3n) is 7.63. The summed E-state index contributed by atoms with van der Waals surface area (Å²) in [4.78, 5) is 33.6. The monoisotopic (exact) mass is 673 g/mol. The SMILES string of the molecule is CCCCC/C=C\C/C=C\CCCCCCCCCC(=O)OCC(O)COP(=O)(O)OCCNC(=O)CCCCCCCCCC. The highest BCUT2D eigenvalue weighted by Gasteiger charge is 2.23. The summed E-state index contributed by atoms with van der Waals surface area (Å²) in [5.41, 5.74) is 0. The van der Waals surface area contributed by atoms with Crippen LogP contribution < -0.4 is 5.32 Å². The maximum atomic E-state index is 12.0. The second-order valence-corrected chi connectivity index (χ2v) is 13.7. The molecule has 0 aliphatic rings. The number of phosphoric acid groups is 1. The molecule has 0 aromatic carbocycles. The summed E-state index contributed by atoms with van der Waals surface area (Å²) in [5.74, 6) is -0.528. The van der Waals surface area contributed by atoms with E-state index in [1.165, 1.54) is 77.0 Å². The van der Waals surface area contributed by atoms with E-state index in [2.05, 4.69) is 43.5 Å². The minimum Gasteiger partial charge on any atom is -0.463 e. The molecule has 0 aliphatic heterocycles. The summed E-state index contributed by atoms with van der Waals surface area (Å²) in [6, 6.07) is 0. The molecular formula is C36H68NO8P. The molecule has 9 nitrogen and oxygen atoms in total. The molecule has 0 saturated carbocycles. The van der Waals surface area contributed by atoms with E-state index in [0.717, 1.165) is 57.8 Å². The van der Waals surface area contributed by atoms with Crippen molar-refractivity contribution in [2.75, 3.05) is 26.4 Å². The largest absolute Gasteiger partial charge is 0.472 e. The lowest BCUT2D eigenvalue weighted by Gasteiger charge is -2.15. The first-order chi connectivity index (χ1) is 22.3. The maximum Gasteiger partial charge on any atom is 0.472 e. The summed E-state index contributed by atoms with van der Waals surface area (Å²) < 4.78 is 26.7. The van der Waals surface area contributed by atoms with Crippen molar-refractivity contribution in [2.24, 2.45) is 0 Å². The van der Waals surface area contributed by atoms with Gasteiger partial charge in [-0.25, -0.2) is 4.57 Å². The Morgan fingerprint density at radius 3 is 1.78 bits per heavy atom. The summed E-state index contributed by atoms with van der Waals surface area (Å²) in [7, 11) is -4.40. The number of aliphatic hydroxyl groups excluding tert-OH is 1. The van der Waals surface area contributed by atoms with Gasteiger partial charge in [-0.15, -0.1) is 0 Å². The first-order valence-corrected chi connectivity index (χ1v) is 19.8. The summed E-state index contributed by atoms with van der Waals surface area (Å²) in [5, 5.41) is 12.6. The van der Waals surface area contributed by atoms with Crippen molar-refractivity contribution in [3.8, 4) is 0 Å². The molecule has 46 heavy (non-hydrogen) atoms. The molecule has 270 valence electrons. The standard InChI is InChI=1S/C36H68NO8P/c1-3-5-7-9-11-13-14-15-16-17-18-19-20-21-23-25-27-29-36(40)43-32-34(38)33-45-46(41,42)44-31-30-37-35(39)28-26-24-22-12-10-8-6-4-2/h11,13,15-16,34,38H,3-10,12,14,17-33H2,1-2H3,(H,37,39)(H,41,42)/b13-11-,16-15-. The number of aliphatic hydroxyl groups is 1. The van der Waals surface area contributed by atoms with Gasteiger partial charge in [0.15, 0.2) is 0 Å². The average Bonchev–Trinajstić information content (AvgIpc) is 3.04. The van der Waals surface area contributed by atoms with Crippen LogP contribution in [0.1, 0.15) is 162 Å². The Labute approximate surface area is 280 Å². The Hall–Kier alpha value is -1.51. The topological polar surface area (TPSA) is 131 Å². The molecule has 0 radical (unpaired) electrons. The normalized spacial score (nSPS) is 13.7. The first-order valence-electron chi connectivity index (χ1n) is 18.3. The van der Waals surface area contributed by atoms with E-state index in [4.69, 9.17) is 13.8 Å². The molecule has 3 N–H and O–H groups in total. The molecular weight excluding hydrogens is 605 g/mol. The number of unbranched alkanes of at least 4 members (excludes halogenated alkanes) is 17. The van der Waals surface area contributed by atoms with E-state index in [1.54, 1.807) is 0 Å². The third-order valence-corrected chi connectivity index (χ3v) is 8.62. The second kappa shape index (κ2) is 33.4. The van der Waals surface area contributed by atoms with E-state index < -0.39 is 26.5 Å². The van der Waals surface area contributed by atoms with Crippen molar-refractivity contribution in [3.63, 3.8) is 0 Å². The van der Waals surface area contributed by atoms with Crippen LogP contribution in [0.3, 0.4) is 0 Å². The van der Waals surface area contributed by atoms with Crippen LogP contribution in [0.2, 0.25) is 0 Å². The Bertz CT molecular complexity index is 820. The highest BCUT2D eigenvalue weighted by Crippen LogP contribution is 2.42. The number of carbonyl (C=O) groups excluding carboxylic acids is 2. The molecule has 0 spiro atoms. The van der Waals surface area contributed by atoms with Crippen LogP contribution in [0, 0.1) is 0 Å². The lowest BCUT2D eigenvalue weighted by molar-refractivity contribution is -0.147. The van der Waals surface area contributed by atoms with Gasteiger partial charge in [-0.05, 0) is 44.9 Å². The number of rotatable bonds is 34. The summed E-state index contributed by atoms with van der Waals surface area (Å²) in [6.45, 7) is 3.47. The number of nitrogens with one attached hydrogen (secondary N) is 1. The van der Waals surface area contributed by atoms with Crippen LogP contribution in [0.15, 0.2) is 24.3 Å². The van der Waals surface area contributed by atoms with Crippen LogP contribution in [0.5, 0.6) is 0 Å². The molecule has 10 heteroatoms. The highest BCUT2D eigenvalue weighted by atomic mass is 31.2. The number of phosphoric ester groups is 1. The molecule has 0 aromatic heterocycles. The van der Waals surface area contributed by atoms with E-state index in [1.807, 2.05) is 0 Å². The van der Waals surface area contributed by atoms with Gasteiger partial charge in [0.05, 0.1) is 13.2 Å². The van der Waals surface area contributed by atoms with Gasteiger partial charge in [0.1, 0.15) is 12.7 Å². The predicted octanol–water partition coefficient (Wildman–Crippen LogP) is 9.26. The van der Waals surface area contributed by atoms with E-state index in [9.17, 15) is 24.2 Å². The van der Waals surface area contributed by atoms with Crippen molar-refractivity contribution in [2.45, 2.75) is 168 Å². The van der Waals surface area contributed by atoms with Gasteiger partial charge in [0.25, 0.3) is 0 Å². The van der Waals surface area contributed by atoms with E-state index >= 15 is 0 Å². The molecule has 0 rings (SSSR count). The zero-order valence-electron chi connectivity index (χ0n) is 29.3. The van der Waals surface area contributed by atoms with Crippen LogP contribution in [-0.4, -0.2) is 54.3 Å². The third kappa shape index (κ3) is 33.8. The quantitative estimate of drug-likeness (QED) is 0.0267. The van der Waals surface area contributed by atoms with Crippen molar-refractivity contribution >= 4 is 19.7 Å². The number of hydrogen-bond donors (Lipinski definition) is 3. The van der Waals surface area contributed by atoms with Crippen LogP contribution in [-0.2, 0) is 27.9 Å². The van der Waals surface area contributed by atoms with Crippen molar-refractivity contribution in [1.29, 1.82) is 0 Å². The zero-order chi connectivity index (χ0) is 34.0. The van der Waals surface area contributed by atoms with Crippen molar-refractivity contribution < 1.29 is 37.9 Å². The van der Waals surface area contributed by atoms with Gasteiger partial charge in [0.2, 0.25) is 5.91 Å². The van der Waals surface area contributed by atoms with E-state index in [-0.39, 0.29) is 32.1 Å². The van der Waals surface area contributed by atoms with Crippen LogP contribution in [0.4, 0.5) is 0 Å². The lowest BCUT2D eigenvalue weighted by Crippen LogP contribution is -2.27. The van der Waals surface area contributed by atoms with Gasteiger partial charge in [-0.2, -0.15) is 0 Å². The highest BCUT2D eigenvalue weighted by molar-refractivity contribution is 7.47. The molecule has 0 aromatic rings. The summed E-state index contributed by atoms with van der Waals surface area (Å²) >= 11 is 0. The zero-order valence-corrected chi connectivity index (χ0v) is 30.2. The molecule has 0 heterocycles. The number of allylic oxidation sites excluding steroid dienone is 4. The first kappa shape index (κ1) is 44.5. The number of carbonyl (C=O) groups is 2. The fourth-order valence-corrected chi connectivity index (χ4v) is 5.58. The van der Waals surface area contributed by atoms with E-state index in [0.29, 0.717) is 6.42 Å². The molecule has 2 atom stereocenters. The molecule has 2 unspecified atom stereocenters. The summed E-state index contributed by atoms with van der Waals surface area (Å²) in [6.07, 6.45) is 32.6. The lowest BCUT2D eigenvalue weighted by atomic mass is 10.1. The number of ether oxygens (including phenoxy) is 1. The maximum absolute atomic E-state index is 12.0. The Balaban J connectivity index is 3.63. The van der Waals surface area contributed by atoms with Crippen molar-refractivity contribution in [1.82, 2.24) is 5.32 Å². The van der Waals surface area contributed by atoms with Gasteiger partial charge in [-0.1, -0.05) is 128 Å². The average molecular weight is 674 g/mol. The Kier molecular flexibility index (Phi) is 32.3. The molecule has 0 aliphatic carbocycles. The van der Waals surface area contributed by atoms with Gasteiger partial charge in [0, 0.05) is 19.4 Å².